The summed E-state index contributed by atoms with van der Waals surface area (Å²) in [4.78, 5) is 19.9. The van der Waals surface area contributed by atoms with Crippen LogP contribution in [-0.2, 0) is 26.5 Å². The van der Waals surface area contributed by atoms with Crippen LogP contribution in [0.15, 0.2) is 150 Å². The molecule has 0 aliphatic rings. The first kappa shape index (κ1) is 53.0. The molecule has 381 valence electrons. The van der Waals surface area contributed by atoms with Gasteiger partial charge in [0, 0.05) is 49.1 Å². The van der Waals surface area contributed by atoms with Crippen molar-refractivity contribution in [2.24, 2.45) is 5.41 Å². The van der Waals surface area contributed by atoms with E-state index in [0.29, 0.717) is 5.71 Å². The minimum Gasteiger partial charge on any atom is -0.486 e. The molecule has 0 spiro atoms. The van der Waals surface area contributed by atoms with Crippen LogP contribution in [0.1, 0.15) is 93.8 Å². The molecule has 11 rings (SSSR count). The van der Waals surface area contributed by atoms with Crippen molar-refractivity contribution in [3.05, 3.63) is 191 Å². The summed E-state index contributed by atoms with van der Waals surface area (Å²) in [6, 6.07) is 54.0. The maximum Gasteiger partial charge on any atom is 0.216 e. The number of imidazole rings is 1. The van der Waals surface area contributed by atoms with Gasteiger partial charge in [0.25, 0.3) is 0 Å². The number of furan rings is 1. The fraction of sp³-hybridized carbons (Fsp3) is 0.254. The summed E-state index contributed by atoms with van der Waals surface area (Å²) in [5.41, 5.74) is 19.3. The second-order valence-electron chi connectivity index (χ2n) is 22.9. The average Bonchev–Trinajstić information content (AvgIpc) is 3.97. The van der Waals surface area contributed by atoms with Gasteiger partial charge in [-0.25, -0.2) is 4.98 Å². The van der Waals surface area contributed by atoms with Crippen molar-refractivity contribution >= 4 is 57.1 Å². The number of pyridine rings is 3. The van der Waals surface area contributed by atoms with Crippen LogP contribution in [0.25, 0.3) is 94.6 Å². The summed E-state index contributed by atoms with van der Waals surface area (Å²) < 4.78 is 9.09. The van der Waals surface area contributed by atoms with E-state index in [0.717, 1.165) is 79.1 Å². The predicted octanol–water partition coefficient (Wildman–Crippen LogP) is 17.5. The Morgan fingerprint density at radius 3 is 2.03 bits per heavy atom. The number of nitrogens with zero attached hydrogens (tertiary/aromatic N) is 5. The third kappa shape index (κ3) is 10.6. The zero-order valence-corrected chi connectivity index (χ0v) is 49.1. The summed E-state index contributed by atoms with van der Waals surface area (Å²) in [6.07, 6.45) is 5.05. The van der Waals surface area contributed by atoms with E-state index < -0.39 is 8.07 Å². The summed E-state index contributed by atoms with van der Waals surface area (Å²) in [5.74, 6) is 1.23. The van der Waals surface area contributed by atoms with E-state index in [1.165, 1.54) is 54.9 Å². The number of rotatable bonds is 9. The van der Waals surface area contributed by atoms with Gasteiger partial charge in [0.15, 0.2) is 0 Å². The molecule has 0 fully saturated rings. The zero-order valence-electron chi connectivity index (χ0n) is 45.7. The number of aromatic nitrogens is 5. The van der Waals surface area contributed by atoms with Gasteiger partial charge in [-0.05, 0) is 136 Å². The van der Waals surface area contributed by atoms with E-state index in [1.807, 2.05) is 36.5 Å². The number of aryl methyl sites for hydroxylation is 3. The van der Waals surface area contributed by atoms with Crippen LogP contribution in [0.4, 0.5) is 0 Å². The monoisotopic (exact) mass is 1180 g/mol. The van der Waals surface area contributed by atoms with Gasteiger partial charge in [0.2, 0.25) is 5.71 Å². The summed E-state index contributed by atoms with van der Waals surface area (Å²) >= 11 is 0. The van der Waals surface area contributed by atoms with Gasteiger partial charge >= 0.3 is 0 Å². The minimum absolute atomic E-state index is 0. The Balaban J connectivity index is 0.000000264. The van der Waals surface area contributed by atoms with Crippen LogP contribution < -0.4 is 5.19 Å². The number of fused-ring (bicyclic) bond motifs is 5. The largest absolute Gasteiger partial charge is 0.486 e. The molecule has 0 bridgehead atoms. The third-order valence-corrected chi connectivity index (χ3v) is 16.3. The maximum atomic E-state index is 6.75. The Morgan fingerprint density at radius 2 is 1.36 bits per heavy atom. The van der Waals surface area contributed by atoms with Gasteiger partial charge in [-0.2, -0.15) is 0 Å². The standard InChI is InChI=1S/C48H41N4O.C19H26NSi.Ir/c1-27(2)39-25-35(34-19-18-32-14-8-9-15-33(32)24-34)26-40(28(3)4)45(39)52-44-31(7)49-23-22-42(44)50-47(52)38-17-11-16-36-37-20-21-41(51-48(37)53-46(36)38)43-29(5)12-10-13-30(43)6;1-19(2,3)13-16-12-17(15-10-8-7-9-11-15)20-14-18(16)21(4,5)6;/h8-16,18-28H,1-7H3;7-10,12,14H,13H2,1-6H3;/q2*-1;. The molecule has 5 heterocycles. The van der Waals surface area contributed by atoms with Gasteiger partial charge in [-0.15, -0.1) is 54.1 Å². The average molecular weight is 1180 g/mol. The van der Waals surface area contributed by atoms with Gasteiger partial charge in [-0.3, -0.25) is 9.97 Å². The van der Waals surface area contributed by atoms with E-state index in [9.17, 15) is 0 Å². The van der Waals surface area contributed by atoms with Gasteiger partial charge in [-0.1, -0.05) is 145 Å². The van der Waals surface area contributed by atoms with E-state index in [2.05, 4.69) is 215 Å². The zero-order chi connectivity index (χ0) is 52.2. The van der Waals surface area contributed by atoms with Crippen LogP contribution in [0, 0.1) is 38.3 Å². The van der Waals surface area contributed by atoms with Gasteiger partial charge < -0.3 is 14.0 Å². The molecule has 0 unspecified atom stereocenters. The van der Waals surface area contributed by atoms with Gasteiger partial charge in [0.05, 0.1) is 41.9 Å². The van der Waals surface area contributed by atoms with Crippen LogP contribution in [-0.4, -0.2) is 32.6 Å². The molecule has 0 aliphatic carbocycles. The van der Waals surface area contributed by atoms with Crippen molar-refractivity contribution in [3.63, 3.8) is 0 Å². The van der Waals surface area contributed by atoms with Crippen LogP contribution in [0.5, 0.6) is 0 Å². The third-order valence-electron chi connectivity index (χ3n) is 14.2. The molecular formula is C67H67IrN5OSi-2. The molecule has 11 aromatic rings. The molecule has 5 aromatic heterocycles. The van der Waals surface area contributed by atoms with Crippen LogP contribution >= 0.6 is 0 Å². The first-order chi connectivity index (χ1) is 35.3. The molecule has 0 saturated heterocycles. The molecule has 0 atom stereocenters. The Bertz CT molecular complexity index is 3840. The van der Waals surface area contributed by atoms with E-state index in [-0.39, 0.29) is 37.4 Å². The van der Waals surface area contributed by atoms with Crippen molar-refractivity contribution in [3.8, 4) is 50.7 Å². The van der Waals surface area contributed by atoms with Crippen molar-refractivity contribution in [1.29, 1.82) is 0 Å². The quantitative estimate of drug-likeness (QED) is 0.106. The fourth-order valence-electron chi connectivity index (χ4n) is 10.7. The molecule has 1 radical (unpaired) electrons. The summed E-state index contributed by atoms with van der Waals surface area (Å²) in [6.45, 7) is 29.5. The molecule has 0 aliphatic heterocycles. The van der Waals surface area contributed by atoms with E-state index in [4.69, 9.17) is 24.4 Å². The number of hydrogen-bond donors (Lipinski definition) is 0. The van der Waals surface area contributed by atoms with Crippen LogP contribution in [0.3, 0.4) is 0 Å². The fourth-order valence-corrected chi connectivity index (χ4v) is 12.2. The van der Waals surface area contributed by atoms with Crippen molar-refractivity contribution in [1.82, 2.24) is 24.5 Å². The number of hydrogen-bond acceptors (Lipinski definition) is 5. The maximum absolute atomic E-state index is 6.75. The molecule has 6 nitrogen and oxygen atoms in total. The Morgan fingerprint density at radius 1 is 0.653 bits per heavy atom. The second kappa shape index (κ2) is 21.1. The first-order valence-corrected chi connectivity index (χ1v) is 29.6. The Hall–Kier alpha value is -6.83. The normalized spacial score (nSPS) is 12.0. The number of benzene rings is 6. The molecule has 6 aromatic carbocycles. The second-order valence-corrected chi connectivity index (χ2v) is 28.0. The molecular weight excluding hydrogens is 1110 g/mol. The molecule has 75 heavy (non-hydrogen) atoms. The first-order valence-electron chi connectivity index (χ1n) is 26.1. The molecule has 0 N–H and O–H groups in total. The van der Waals surface area contributed by atoms with Crippen molar-refractivity contribution in [2.75, 3.05) is 0 Å². The van der Waals surface area contributed by atoms with E-state index in [1.54, 1.807) is 0 Å². The predicted molar refractivity (Wildman–Crippen MR) is 314 cm³/mol. The molecule has 0 amide bonds. The minimum atomic E-state index is -1.37. The van der Waals surface area contributed by atoms with Crippen molar-refractivity contribution in [2.45, 2.75) is 107 Å². The Kier molecular flexibility index (Phi) is 14.9. The summed E-state index contributed by atoms with van der Waals surface area (Å²) in [5, 5.41) is 5.92. The SMILES string of the molecule is CC(C)(C)Cc1cc(-c2[c-]cccc2)ncc1[Si](C)(C)C.Cc1cccc(C)c1-c1ccc2c(n1)oc1c(-c3nc4ccnc(C)c4n3-c3c(C(C)C)cc(-c4ccc5ccccc5c4)cc3C(C)C)[c-]ccc12.[Ir]. The topological polar surface area (TPSA) is 69.6 Å². The van der Waals surface area contributed by atoms with Crippen LogP contribution in [0.2, 0.25) is 19.6 Å². The molecule has 0 saturated carbocycles. The van der Waals surface area contributed by atoms with Gasteiger partial charge in [0.1, 0.15) is 0 Å². The smallest absolute Gasteiger partial charge is 0.216 e. The van der Waals surface area contributed by atoms with Crippen molar-refractivity contribution < 1.29 is 24.5 Å². The Labute approximate surface area is 458 Å². The summed E-state index contributed by atoms with van der Waals surface area (Å²) in [7, 11) is -1.37. The van der Waals surface area contributed by atoms with E-state index >= 15 is 0 Å². The molecule has 8 heteroatoms.